The lowest BCUT2D eigenvalue weighted by molar-refractivity contribution is 0.0705. The second-order valence-corrected chi connectivity index (χ2v) is 4.32. The third-order valence-corrected chi connectivity index (χ3v) is 3.01. The average Bonchev–Trinajstić information content (AvgIpc) is 2.42. The molecule has 1 heterocycles. The summed E-state index contributed by atoms with van der Waals surface area (Å²) in [6, 6.07) is 9.75. The van der Waals surface area contributed by atoms with Gasteiger partial charge in [-0.1, -0.05) is 29.8 Å². The third-order valence-electron chi connectivity index (χ3n) is 2.65. The number of hydrogen-bond acceptors (Lipinski definition) is 3. The van der Waals surface area contributed by atoms with Crippen LogP contribution in [-0.4, -0.2) is 15.7 Å². The smallest absolute Gasteiger partial charge is 0.276 e. The molecule has 0 atom stereocenters. The Kier molecular flexibility index (Phi) is 3.99. The molecule has 0 aliphatic carbocycles. The number of halogens is 1. The van der Waals surface area contributed by atoms with Crippen LogP contribution in [0.3, 0.4) is 0 Å². The van der Waals surface area contributed by atoms with E-state index in [0.717, 1.165) is 5.56 Å². The summed E-state index contributed by atoms with van der Waals surface area (Å²) in [5, 5.41) is 9.12. The summed E-state index contributed by atoms with van der Waals surface area (Å²) in [5.41, 5.74) is 2.23. The van der Waals surface area contributed by atoms with Crippen molar-refractivity contribution in [3.63, 3.8) is 0 Å². The molecule has 1 aromatic carbocycles. The molecule has 0 bridgehead atoms. The lowest BCUT2D eigenvalue weighted by Gasteiger charge is -2.08. The predicted octanol–water partition coefficient (Wildman–Crippen LogP) is 1.67. The Morgan fingerprint density at radius 1 is 1.26 bits per heavy atom. The summed E-state index contributed by atoms with van der Waals surface area (Å²) in [4.78, 5) is 23.0. The van der Waals surface area contributed by atoms with Crippen LogP contribution in [0, 0.1) is 0 Å². The summed E-state index contributed by atoms with van der Waals surface area (Å²) in [7, 11) is 0. The van der Waals surface area contributed by atoms with E-state index in [1.807, 2.05) is 6.07 Å². The van der Waals surface area contributed by atoms with Gasteiger partial charge < -0.3 is 4.57 Å². The number of nitrogens with zero attached hydrogens (tertiary/aromatic N) is 1. The van der Waals surface area contributed by atoms with Crippen LogP contribution in [0.15, 0.2) is 47.4 Å². The van der Waals surface area contributed by atoms with Crippen LogP contribution in [0.25, 0.3) is 0 Å². The standard InChI is InChI=1S/C13H11ClN2O3/c14-11-4-2-1-3-9(11)7-16-8-10(13(18)15-19)5-6-12(16)17/h1-6,8,19H,7H2,(H,15,18). The van der Waals surface area contributed by atoms with E-state index in [0.29, 0.717) is 5.02 Å². The molecule has 19 heavy (non-hydrogen) atoms. The minimum absolute atomic E-state index is 0.189. The first-order valence-electron chi connectivity index (χ1n) is 5.50. The fourth-order valence-electron chi connectivity index (χ4n) is 1.66. The molecule has 0 saturated carbocycles. The number of aromatic nitrogens is 1. The quantitative estimate of drug-likeness (QED) is 0.663. The number of carbonyl (C=O) groups excluding carboxylic acids is 1. The largest absolute Gasteiger partial charge is 0.310 e. The maximum atomic E-state index is 11.7. The van der Waals surface area contributed by atoms with Crippen LogP contribution >= 0.6 is 11.6 Å². The molecule has 0 aliphatic heterocycles. The number of rotatable bonds is 3. The minimum atomic E-state index is -0.673. The van der Waals surface area contributed by atoms with Crippen molar-refractivity contribution >= 4 is 17.5 Å². The summed E-state index contributed by atoms with van der Waals surface area (Å²) in [5.74, 6) is -0.673. The Balaban J connectivity index is 2.37. The Bertz CT molecular complexity index is 667. The summed E-state index contributed by atoms with van der Waals surface area (Å²) in [6.45, 7) is 0.255. The van der Waals surface area contributed by atoms with Crippen LogP contribution in [0.4, 0.5) is 0 Å². The number of benzene rings is 1. The van der Waals surface area contributed by atoms with Gasteiger partial charge in [-0.15, -0.1) is 0 Å². The molecule has 6 heteroatoms. The fraction of sp³-hybridized carbons (Fsp3) is 0.0769. The predicted molar refractivity (Wildman–Crippen MR) is 70.5 cm³/mol. The van der Waals surface area contributed by atoms with E-state index in [9.17, 15) is 9.59 Å². The molecular weight excluding hydrogens is 268 g/mol. The van der Waals surface area contributed by atoms with Crippen molar-refractivity contribution in [2.24, 2.45) is 0 Å². The topological polar surface area (TPSA) is 71.3 Å². The molecule has 0 fully saturated rings. The van der Waals surface area contributed by atoms with Crippen molar-refractivity contribution in [3.8, 4) is 0 Å². The molecular formula is C13H11ClN2O3. The lowest BCUT2D eigenvalue weighted by atomic mass is 10.2. The van der Waals surface area contributed by atoms with Gasteiger partial charge in [-0.05, 0) is 17.7 Å². The monoisotopic (exact) mass is 278 g/mol. The molecule has 0 aliphatic rings. The summed E-state index contributed by atoms with van der Waals surface area (Å²) in [6.07, 6.45) is 1.37. The average molecular weight is 279 g/mol. The van der Waals surface area contributed by atoms with Crippen molar-refractivity contribution < 1.29 is 10.0 Å². The molecule has 2 aromatic rings. The van der Waals surface area contributed by atoms with Crippen LogP contribution in [0.1, 0.15) is 15.9 Å². The first-order valence-corrected chi connectivity index (χ1v) is 5.88. The molecule has 1 aromatic heterocycles. The van der Waals surface area contributed by atoms with Gasteiger partial charge in [0.2, 0.25) is 0 Å². The SMILES string of the molecule is O=C(NO)c1ccc(=O)n(Cc2ccccc2Cl)c1. The normalized spacial score (nSPS) is 10.2. The maximum Gasteiger partial charge on any atom is 0.276 e. The highest BCUT2D eigenvalue weighted by Crippen LogP contribution is 2.15. The minimum Gasteiger partial charge on any atom is -0.310 e. The van der Waals surface area contributed by atoms with Gasteiger partial charge in [0, 0.05) is 17.3 Å². The van der Waals surface area contributed by atoms with Gasteiger partial charge in [0.25, 0.3) is 11.5 Å². The summed E-state index contributed by atoms with van der Waals surface area (Å²) >= 11 is 6.02. The van der Waals surface area contributed by atoms with Crippen LogP contribution in [0.2, 0.25) is 5.02 Å². The lowest BCUT2D eigenvalue weighted by Crippen LogP contribution is -2.24. The van der Waals surface area contributed by atoms with Gasteiger partial charge >= 0.3 is 0 Å². The van der Waals surface area contributed by atoms with E-state index in [1.165, 1.54) is 28.4 Å². The summed E-state index contributed by atoms with van der Waals surface area (Å²) < 4.78 is 1.35. The Labute approximate surface area is 114 Å². The van der Waals surface area contributed by atoms with E-state index in [4.69, 9.17) is 16.8 Å². The van der Waals surface area contributed by atoms with Crippen LogP contribution < -0.4 is 11.0 Å². The molecule has 0 unspecified atom stereocenters. The number of hydroxylamine groups is 1. The van der Waals surface area contributed by atoms with Crippen LogP contribution in [0.5, 0.6) is 0 Å². The van der Waals surface area contributed by atoms with Gasteiger partial charge in [0.05, 0.1) is 12.1 Å². The molecule has 5 nitrogen and oxygen atoms in total. The zero-order chi connectivity index (χ0) is 13.8. The highest BCUT2D eigenvalue weighted by atomic mass is 35.5. The number of nitrogens with one attached hydrogen (secondary N) is 1. The molecule has 0 saturated heterocycles. The number of pyridine rings is 1. The molecule has 98 valence electrons. The Hall–Kier alpha value is -2.11. The Morgan fingerprint density at radius 2 is 2.00 bits per heavy atom. The number of amides is 1. The van der Waals surface area contributed by atoms with E-state index < -0.39 is 5.91 Å². The molecule has 0 spiro atoms. The molecule has 1 amide bonds. The first-order chi connectivity index (χ1) is 9.11. The Morgan fingerprint density at radius 3 is 2.68 bits per heavy atom. The zero-order valence-corrected chi connectivity index (χ0v) is 10.6. The fourth-order valence-corrected chi connectivity index (χ4v) is 1.86. The van der Waals surface area contributed by atoms with Gasteiger partial charge in [-0.3, -0.25) is 14.8 Å². The highest BCUT2D eigenvalue weighted by Gasteiger charge is 2.07. The maximum absolute atomic E-state index is 11.7. The van der Waals surface area contributed by atoms with E-state index in [2.05, 4.69) is 0 Å². The zero-order valence-electron chi connectivity index (χ0n) is 9.84. The first kappa shape index (κ1) is 13.3. The molecule has 0 radical (unpaired) electrons. The van der Waals surface area contributed by atoms with Gasteiger partial charge in [-0.25, -0.2) is 5.48 Å². The highest BCUT2D eigenvalue weighted by molar-refractivity contribution is 6.31. The van der Waals surface area contributed by atoms with Crippen molar-refractivity contribution in [2.45, 2.75) is 6.54 Å². The van der Waals surface area contributed by atoms with Crippen molar-refractivity contribution in [2.75, 3.05) is 0 Å². The van der Waals surface area contributed by atoms with Crippen molar-refractivity contribution in [3.05, 3.63) is 69.1 Å². The van der Waals surface area contributed by atoms with E-state index in [-0.39, 0.29) is 17.7 Å². The number of hydrogen-bond donors (Lipinski definition) is 2. The van der Waals surface area contributed by atoms with Crippen molar-refractivity contribution in [1.29, 1.82) is 0 Å². The van der Waals surface area contributed by atoms with Crippen LogP contribution in [-0.2, 0) is 6.54 Å². The second kappa shape index (κ2) is 5.69. The molecule has 2 N–H and O–H groups in total. The van der Waals surface area contributed by atoms with Gasteiger partial charge in [0.15, 0.2) is 0 Å². The third kappa shape index (κ3) is 3.01. The number of carbonyl (C=O) groups is 1. The second-order valence-electron chi connectivity index (χ2n) is 3.92. The van der Waals surface area contributed by atoms with E-state index >= 15 is 0 Å². The van der Waals surface area contributed by atoms with Gasteiger partial charge in [-0.2, -0.15) is 0 Å². The van der Waals surface area contributed by atoms with Gasteiger partial charge in [0.1, 0.15) is 0 Å². The van der Waals surface area contributed by atoms with Crippen molar-refractivity contribution in [1.82, 2.24) is 10.0 Å². The van der Waals surface area contributed by atoms with E-state index in [1.54, 1.807) is 18.2 Å². The molecule has 2 rings (SSSR count).